The van der Waals surface area contributed by atoms with Crippen LogP contribution in [0.3, 0.4) is 0 Å². The number of halogens is 1. The van der Waals surface area contributed by atoms with Crippen LogP contribution in [-0.2, 0) is 11.2 Å². The fraction of sp³-hybridized carbons (Fsp3) is 0.0667. The fourth-order valence-corrected chi connectivity index (χ4v) is 2.78. The van der Waals surface area contributed by atoms with E-state index in [0.29, 0.717) is 10.6 Å². The molecule has 0 fully saturated rings. The molecular weight excluding hydrogens is 312 g/mol. The van der Waals surface area contributed by atoms with E-state index in [1.165, 1.54) is 23.9 Å². The Morgan fingerprint density at radius 1 is 1.00 bits per heavy atom. The van der Waals surface area contributed by atoms with Gasteiger partial charge in [-0.1, -0.05) is 23.4 Å². The van der Waals surface area contributed by atoms with Gasteiger partial charge < -0.3 is 10.2 Å². The second-order valence-electron chi connectivity index (χ2n) is 4.26. The van der Waals surface area contributed by atoms with Crippen molar-refractivity contribution in [3.63, 3.8) is 0 Å². The molecule has 6 heteroatoms. The zero-order valence-corrected chi connectivity index (χ0v) is 12.3. The lowest BCUT2D eigenvalue weighted by molar-refractivity contribution is -0.136. The first kappa shape index (κ1) is 15.4. The maximum atomic E-state index is 10.8. The Balaban J connectivity index is 2.19. The third-order valence-corrected chi connectivity index (χ3v) is 4.06. The second-order valence-corrected chi connectivity index (χ2v) is 5.81. The van der Waals surface area contributed by atoms with Gasteiger partial charge >= 0.3 is 11.9 Å². The van der Waals surface area contributed by atoms with Gasteiger partial charge in [0.15, 0.2) is 0 Å². The summed E-state index contributed by atoms with van der Waals surface area (Å²) in [5.74, 6) is -1.91. The first-order valence-corrected chi connectivity index (χ1v) is 7.16. The third-order valence-electron chi connectivity index (χ3n) is 2.70. The Hall–Kier alpha value is -1.98. The lowest BCUT2D eigenvalue weighted by Gasteiger charge is -2.06. The van der Waals surface area contributed by atoms with Crippen molar-refractivity contribution in [3.8, 4) is 0 Å². The molecule has 2 aromatic rings. The summed E-state index contributed by atoms with van der Waals surface area (Å²) in [6.45, 7) is 0. The highest BCUT2D eigenvalue weighted by Gasteiger charge is 2.08. The van der Waals surface area contributed by atoms with Crippen LogP contribution in [0.5, 0.6) is 0 Å². The molecule has 0 aliphatic heterocycles. The number of carbonyl (C=O) groups is 2. The SMILES string of the molecule is O=C(O)Cc1cc(Sc2ccc(C(=O)O)cc2)ccc1Cl. The molecule has 0 aliphatic carbocycles. The molecule has 0 aromatic heterocycles. The molecule has 0 unspecified atom stereocenters. The lowest BCUT2D eigenvalue weighted by atomic mass is 10.1. The van der Waals surface area contributed by atoms with Crippen molar-refractivity contribution in [2.24, 2.45) is 0 Å². The number of carboxylic acids is 2. The van der Waals surface area contributed by atoms with Crippen molar-refractivity contribution in [3.05, 3.63) is 58.6 Å². The topological polar surface area (TPSA) is 74.6 Å². The third kappa shape index (κ3) is 4.24. The number of rotatable bonds is 5. The summed E-state index contributed by atoms with van der Waals surface area (Å²) in [6, 6.07) is 11.7. The first-order valence-electron chi connectivity index (χ1n) is 5.97. The van der Waals surface area contributed by atoms with Gasteiger partial charge in [-0.05, 0) is 48.0 Å². The summed E-state index contributed by atoms with van der Waals surface area (Å²) in [6.07, 6.45) is -0.134. The molecule has 4 nitrogen and oxygen atoms in total. The molecule has 0 heterocycles. The number of benzene rings is 2. The fourth-order valence-electron chi connectivity index (χ4n) is 1.71. The highest BCUT2D eigenvalue weighted by atomic mass is 35.5. The van der Waals surface area contributed by atoms with Gasteiger partial charge in [0, 0.05) is 14.8 Å². The van der Waals surface area contributed by atoms with Crippen molar-refractivity contribution in [1.29, 1.82) is 0 Å². The highest BCUT2D eigenvalue weighted by molar-refractivity contribution is 7.99. The largest absolute Gasteiger partial charge is 0.481 e. The van der Waals surface area contributed by atoms with Gasteiger partial charge in [-0.3, -0.25) is 4.79 Å². The van der Waals surface area contributed by atoms with E-state index in [4.69, 9.17) is 21.8 Å². The van der Waals surface area contributed by atoms with E-state index < -0.39 is 11.9 Å². The van der Waals surface area contributed by atoms with Gasteiger partial charge in [0.05, 0.1) is 12.0 Å². The number of hydrogen-bond donors (Lipinski definition) is 2. The zero-order chi connectivity index (χ0) is 15.4. The van der Waals surface area contributed by atoms with Gasteiger partial charge in [-0.15, -0.1) is 0 Å². The van der Waals surface area contributed by atoms with Crippen molar-refractivity contribution in [1.82, 2.24) is 0 Å². The molecule has 2 aromatic carbocycles. The summed E-state index contributed by atoms with van der Waals surface area (Å²) >= 11 is 7.37. The van der Waals surface area contributed by atoms with Gasteiger partial charge in [-0.2, -0.15) is 0 Å². The van der Waals surface area contributed by atoms with Crippen LogP contribution in [0.15, 0.2) is 52.3 Å². The van der Waals surface area contributed by atoms with E-state index in [-0.39, 0.29) is 12.0 Å². The molecular formula is C15H11ClO4S. The van der Waals surface area contributed by atoms with E-state index in [2.05, 4.69) is 0 Å². The van der Waals surface area contributed by atoms with Crippen LogP contribution >= 0.6 is 23.4 Å². The Kier molecular flexibility index (Phi) is 4.88. The van der Waals surface area contributed by atoms with E-state index in [9.17, 15) is 9.59 Å². The molecule has 0 radical (unpaired) electrons. The zero-order valence-electron chi connectivity index (χ0n) is 10.7. The normalized spacial score (nSPS) is 10.3. The first-order chi connectivity index (χ1) is 9.95. The molecule has 0 saturated carbocycles. The minimum Gasteiger partial charge on any atom is -0.481 e. The smallest absolute Gasteiger partial charge is 0.335 e. The number of carboxylic acid groups (broad SMARTS) is 2. The maximum Gasteiger partial charge on any atom is 0.335 e. The summed E-state index contributed by atoms with van der Waals surface area (Å²) in [4.78, 5) is 23.3. The summed E-state index contributed by atoms with van der Waals surface area (Å²) < 4.78 is 0. The lowest BCUT2D eigenvalue weighted by Crippen LogP contribution is -2.00. The second kappa shape index (κ2) is 6.65. The van der Waals surface area contributed by atoms with Crippen molar-refractivity contribution < 1.29 is 19.8 Å². The molecule has 0 spiro atoms. The van der Waals surface area contributed by atoms with Crippen LogP contribution in [0.4, 0.5) is 0 Å². The highest BCUT2D eigenvalue weighted by Crippen LogP contribution is 2.31. The average Bonchev–Trinajstić information content (AvgIpc) is 2.42. The van der Waals surface area contributed by atoms with E-state index in [1.54, 1.807) is 30.3 Å². The Morgan fingerprint density at radius 2 is 1.62 bits per heavy atom. The van der Waals surface area contributed by atoms with Crippen LogP contribution in [0.1, 0.15) is 15.9 Å². The Labute approximate surface area is 130 Å². The quantitative estimate of drug-likeness (QED) is 0.875. The minimum atomic E-state index is -0.971. The number of aliphatic carboxylic acids is 1. The van der Waals surface area contributed by atoms with Crippen LogP contribution in [-0.4, -0.2) is 22.2 Å². The van der Waals surface area contributed by atoms with Crippen molar-refractivity contribution in [2.75, 3.05) is 0 Å². The molecule has 0 amide bonds. The molecule has 0 atom stereocenters. The van der Waals surface area contributed by atoms with Gasteiger partial charge in [0.25, 0.3) is 0 Å². The minimum absolute atomic E-state index is 0.134. The van der Waals surface area contributed by atoms with Crippen molar-refractivity contribution in [2.45, 2.75) is 16.2 Å². The van der Waals surface area contributed by atoms with E-state index in [1.807, 2.05) is 0 Å². The number of hydrogen-bond acceptors (Lipinski definition) is 3. The Morgan fingerprint density at radius 3 is 2.19 bits per heavy atom. The van der Waals surface area contributed by atoms with Crippen LogP contribution < -0.4 is 0 Å². The molecule has 2 N–H and O–H groups in total. The standard InChI is InChI=1S/C15H11ClO4S/c16-13-6-5-12(7-10(13)8-14(17)18)21-11-3-1-9(2-4-11)15(19)20/h1-7H,8H2,(H,17,18)(H,19,20). The van der Waals surface area contributed by atoms with E-state index in [0.717, 1.165) is 9.79 Å². The molecule has 0 saturated heterocycles. The average molecular weight is 323 g/mol. The van der Waals surface area contributed by atoms with Gasteiger partial charge in [-0.25, -0.2) is 4.79 Å². The molecule has 0 bridgehead atoms. The van der Waals surface area contributed by atoms with Gasteiger partial charge in [0.2, 0.25) is 0 Å². The summed E-state index contributed by atoms with van der Waals surface area (Å²) in [5.41, 5.74) is 0.776. The van der Waals surface area contributed by atoms with E-state index >= 15 is 0 Å². The molecule has 0 aliphatic rings. The Bertz CT molecular complexity index is 683. The van der Waals surface area contributed by atoms with Crippen molar-refractivity contribution >= 4 is 35.3 Å². The van der Waals surface area contributed by atoms with Crippen LogP contribution in [0.2, 0.25) is 5.02 Å². The monoisotopic (exact) mass is 322 g/mol. The molecule has 21 heavy (non-hydrogen) atoms. The predicted octanol–water partition coefficient (Wildman–Crippen LogP) is 3.82. The molecule has 2 rings (SSSR count). The predicted molar refractivity (Wildman–Crippen MR) is 80.3 cm³/mol. The van der Waals surface area contributed by atoms with Crippen LogP contribution in [0.25, 0.3) is 0 Å². The molecule has 108 valence electrons. The summed E-state index contributed by atoms with van der Waals surface area (Å²) in [7, 11) is 0. The van der Waals surface area contributed by atoms with Gasteiger partial charge in [0.1, 0.15) is 0 Å². The van der Waals surface area contributed by atoms with Crippen LogP contribution in [0, 0.1) is 0 Å². The maximum absolute atomic E-state index is 10.8. The summed E-state index contributed by atoms with van der Waals surface area (Å²) in [5, 5.41) is 18.1. The number of aromatic carboxylic acids is 1.